The molecule has 20 heavy (non-hydrogen) atoms. The lowest BCUT2D eigenvalue weighted by atomic mass is 9.97. The molecule has 1 unspecified atom stereocenters. The first-order valence-corrected chi connectivity index (χ1v) is 7.11. The van der Waals surface area contributed by atoms with Crippen LogP contribution in [0.25, 0.3) is 0 Å². The van der Waals surface area contributed by atoms with E-state index >= 15 is 0 Å². The fourth-order valence-corrected chi connectivity index (χ4v) is 2.61. The minimum Gasteiger partial charge on any atom is -0.344 e. The molecule has 1 aromatic rings. The van der Waals surface area contributed by atoms with Gasteiger partial charge in [-0.25, -0.2) is 0 Å². The van der Waals surface area contributed by atoms with Gasteiger partial charge >= 0.3 is 0 Å². The van der Waals surface area contributed by atoms with Crippen LogP contribution in [0.4, 0.5) is 0 Å². The molecule has 0 aliphatic carbocycles. The Hall–Kier alpha value is -1.84. The number of carbonyl (C=O) groups excluding carboxylic acids is 2. The van der Waals surface area contributed by atoms with Crippen molar-refractivity contribution in [3.05, 3.63) is 35.4 Å². The maximum Gasteiger partial charge on any atom is 0.245 e. The third-order valence-corrected chi connectivity index (χ3v) is 3.73. The molecule has 1 N–H and O–H groups in total. The summed E-state index contributed by atoms with van der Waals surface area (Å²) in [6.45, 7) is 6.72. The van der Waals surface area contributed by atoms with Gasteiger partial charge in [-0.2, -0.15) is 0 Å². The predicted octanol–water partition coefficient (Wildman–Crippen LogP) is 1.73. The number of fused-ring (bicyclic) bond motifs is 1. The molecule has 1 aliphatic heterocycles. The average molecular weight is 274 g/mol. The fraction of sp³-hybridized carbons (Fsp3) is 0.500. The first-order chi connectivity index (χ1) is 9.49. The van der Waals surface area contributed by atoms with Crippen LogP contribution < -0.4 is 5.32 Å². The van der Waals surface area contributed by atoms with E-state index in [1.54, 1.807) is 0 Å². The standard InChI is InChI=1S/C16H22N2O2/c1-11(2)15(17-12(3)19)16(20)18-9-8-13-6-4-5-7-14(13)10-18/h4-7,11,15H,8-10H2,1-3H3,(H,17,19). The van der Waals surface area contributed by atoms with E-state index in [1.165, 1.54) is 18.1 Å². The predicted molar refractivity (Wildman–Crippen MR) is 78.0 cm³/mol. The van der Waals surface area contributed by atoms with Crippen LogP contribution in [0.15, 0.2) is 24.3 Å². The number of hydrogen-bond acceptors (Lipinski definition) is 2. The van der Waals surface area contributed by atoms with E-state index in [0.717, 1.165) is 13.0 Å². The van der Waals surface area contributed by atoms with E-state index in [0.29, 0.717) is 6.54 Å². The van der Waals surface area contributed by atoms with Crippen LogP contribution in [0.1, 0.15) is 31.9 Å². The highest BCUT2D eigenvalue weighted by molar-refractivity contribution is 5.87. The lowest BCUT2D eigenvalue weighted by Gasteiger charge is -2.33. The number of nitrogens with one attached hydrogen (secondary N) is 1. The van der Waals surface area contributed by atoms with Crippen LogP contribution in [0, 0.1) is 5.92 Å². The highest BCUT2D eigenvalue weighted by Crippen LogP contribution is 2.20. The third-order valence-electron chi connectivity index (χ3n) is 3.73. The molecule has 108 valence electrons. The van der Waals surface area contributed by atoms with Crippen LogP contribution in [-0.2, 0) is 22.6 Å². The van der Waals surface area contributed by atoms with Gasteiger partial charge in [-0.1, -0.05) is 38.1 Å². The summed E-state index contributed by atoms with van der Waals surface area (Å²) >= 11 is 0. The second kappa shape index (κ2) is 6.07. The van der Waals surface area contributed by atoms with Crippen LogP contribution in [0.3, 0.4) is 0 Å². The van der Waals surface area contributed by atoms with Crippen LogP contribution in [0.5, 0.6) is 0 Å². The molecule has 4 nitrogen and oxygen atoms in total. The van der Waals surface area contributed by atoms with Gasteiger partial charge in [0.1, 0.15) is 6.04 Å². The number of rotatable bonds is 3. The number of amides is 2. The molecule has 2 rings (SSSR count). The van der Waals surface area contributed by atoms with Gasteiger partial charge in [0, 0.05) is 20.0 Å². The minimum atomic E-state index is -0.433. The van der Waals surface area contributed by atoms with E-state index < -0.39 is 6.04 Å². The molecular weight excluding hydrogens is 252 g/mol. The van der Waals surface area contributed by atoms with Crippen LogP contribution in [0.2, 0.25) is 0 Å². The zero-order chi connectivity index (χ0) is 14.7. The highest BCUT2D eigenvalue weighted by Gasteiger charge is 2.29. The van der Waals surface area contributed by atoms with Gasteiger partial charge in [0.15, 0.2) is 0 Å². The van der Waals surface area contributed by atoms with Gasteiger partial charge in [0.05, 0.1) is 0 Å². The van der Waals surface area contributed by atoms with Crippen molar-refractivity contribution in [1.82, 2.24) is 10.2 Å². The van der Waals surface area contributed by atoms with Gasteiger partial charge in [0.2, 0.25) is 11.8 Å². The monoisotopic (exact) mass is 274 g/mol. The van der Waals surface area contributed by atoms with Crippen molar-refractivity contribution in [3.63, 3.8) is 0 Å². The molecule has 0 bridgehead atoms. The SMILES string of the molecule is CC(=O)NC(C(=O)N1CCc2ccccc2C1)C(C)C. The molecule has 4 heteroatoms. The number of hydrogen-bond donors (Lipinski definition) is 1. The van der Waals surface area contributed by atoms with Crippen LogP contribution in [-0.4, -0.2) is 29.3 Å². The molecular formula is C16H22N2O2. The minimum absolute atomic E-state index is 0.0182. The Bertz CT molecular complexity index is 511. The summed E-state index contributed by atoms with van der Waals surface area (Å²) in [5.41, 5.74) is 2.52. The largest absolute Gasteiger partial charge is 0.344 e. The Balaban J connectivity index is 2.11. The molecule has 1 aromatic carbocycles. The fourth-order valence-electron chi connectivity index (χ4n) is 2.61. The lowest BCUT2D eigenvalue weighted by molar-refractivity contribution is -0.138. The summed E-state index contributed by atoms with van der Waals surface area (Å²) in [5.74, 6) is -0.0530. The van der Waals surface area contributed by atoms with Crippen molar-refractivity contribution >= 4 is 11.8 Å². The molecule has 1 atom stereocenters. The Morgan fingerprint density at radius 1 is 1.20 bits per heavy atom. The summed E-state index contributed by atoms with van der Waals surface area (Å²) in [5, 5.41) is 2.77. The molecule has 1 heterocycles. The number of benzene rings is 1. The maximum absolute atomic E-state index is 12.6. The highest BCUT2D eigenvalue weighted by atomic mass is 16.2. The molecule has 0 saturated heterocycles. The maximum atomic E-state index is 12.6. The summed E-state index contributed by atoms with van der Waals surface area (Å²) in [6.07, 6.45) is 0.882. The average Bonchev–Trinajstić information content (AvgIpc) is 2.43. The van der Waals surface area contributed by atoms with Gasteiger partial charge in [-0.15, -0.1) is 0 Å². The normalized spacial score (nSPS) is 15.7. The third kappa shape index (κ3) is 3.18. The van der Waals surface area contributed by atoms with Crippen molar-refractivity contribution in [1.29, 1.82) is 0 Å². The van der Waals surface area contributed by atoms with Crippen molar-refractivity contribution < 1.29 is 9.59 Å². The van der Waals surface area contributed by atoms with Crippen LogP contribution >= 0.6 is 0 Å². The van der Waals surface area contributed by atoms with E-state index in [9.17, 15) is 9.59 Å². The first kappa shape index (κ1) is 14.6. The zero-order valence-electron chi connectivity index (χ0n) is 12.3. The molecule has 0 spiro atoms. The first-order valence-electron chi connectivity index (χ1n) is 7.11. The number of carbonyl (C=O) groups is 2. The topological polar surface area (TPSA) is 49.4 Å². The van der Waals surface area contributed by atoms with Gasteiger partial charge in [-0.05, 0) is 23.5 Å². The van der Waals surface area contributed by atoms with Crippen molar-refractivity contribution in [3.8, 4) is 0 Å². The number of nitrogens with zero attached hydrogens (tertiary/aromatic N) is 1. The Labute approximate surface area is 120 Å². The van der Waals surface area contributed by atoms with Gasteiger partial charge in [-0.3, -0.25) is 9.59 Å². The van der Waals surface area contributed by atoms with Crippen molar-refractivity contribution in [2.75, 3.05) is 6.54 Å². The second-order valence-electron chi connectivity index (χ2n) is 5.70. The van der Waals surface area contributed by atoms with E-state index in [1.807, 2.05) is 30.9 Å². The van der Waals surface area contributed by atoms with Gasteiger partial charge < -0.3 is 10.2 Å². The quantitative estimate of drug-likeness (QED) is 0.912. The van der Waals surface area contributed by atoms with E-state index in [2.05, 4.69) is 17.4 Å². The Morgan fingerprint density at radius 2 is 1.85 bits per heavy atom. The summed E-state index contributed by atoms with van der Waals surface area (Å²) in [7, 11) is 0. The molecule has 0 saturated carbocycles. The smallest absolute Gasteiger partial charge is 0.245 e. The summed E-state index contributed by atoms with van der Waals surface area (Å²) < 4.78 is 0. The van der Waals surface area contributed by atoms with Crippen molar-refractivity contribution in [2.24, 2.45) is 5.92 Å². The molecule has 0 fully saturated rings. The Kier molecular flexibility index (Phi) is 4.42. The lowest BCUT2D eigenvalue weighted by Crippen LogP contribution is -2.51. The summed E-state index contributed by atoms with van der Waals surface area (Å²) in [6, 6.07) is 7.78. The van der Waals surface area contributed by atoms with E-state index in [-0.39, 0.29) is 17.7 Å². The Morgan fingerprint density at radius 3 is 2.45 bits per heavy atom. The van der Waals surface area contributed by atoms with E-state index in [4.69, 9.17) is 0 Å². The molecule has 0 radical (unpaired) electrons. The molecule has 0 aromatic heterocycles. The summed E-state index contributed by atoms with van der Waals surface area (Å²) in [4.78, 5) is 25.7. The second-order valence-corrected chi connectivity index (χ2v) is 5.70. The zero-order valence-corrected chi connectivity index (χ0v) is 12.3. The molecule has 2 amide bonds. The van der Waals surface area contributed by atoms with Crippen molar-refractivity contribution in [2.45, 2.75) is 39.8 Å². The van der Waals surface area contributed by atoms with Gasteiger partial charge in [0.25, 0.3) is 0 Å². The molecule has 1 aliphatic rings.